The van der Waals surface area contributed by atoms with E-state index < -0.39 is 35.9 Å². The van der Waals surface area contributed by atoms with Crippen molar-refractivity contribution in [2.24, 2.45) is 0 Å². The van der Waals surface area contributed by atoms with Crippen molar-refractivity contribution >= 4 is 28.7 Å². The zero-order valence-electron chi connectivity index (χ0n) is 28.9. The van der Waals surface area contributed by atoms with Gasteiger partial charge in [-0.3, -0.25) is 9.59 Å². The predicted molar refractivity (Wildman–Crippen MR) is 189 cm³/mol. The molecule has 0 bridgehead atoms. The first-order valence-corrected chi connectivity index (χ1v) is 16.9. The molecule has 4 aromatic carbocycles. The van der Waals surface area contributed by atoms with E-state index in [0.29, 0.717) is 13.2 Å². The van der Waals surface area contributed by atoms with Crippen LogP contribution in [0.1, 0.15) is 63.6 Å². The first-order valence-electron chi connectivity index (χ1n) is 16.9. The SMILES string of the molecule is CCOC(CN(Cc1cccc2ccccc12)C(=O)C(CC(=O)OC(C)(C)C)NC(=O)OCC1c2ccccc2-c2ccccc21)OCC. The number of hydrogen-bond acceptors (Lipinski definition) is 7. The molecular formula is C40H46N2O7. The summed E-state index contributed by atoms with van der Waals surface area (Å²) in [6, 6.07) is 28.7. The average molecular weight is 667 g/mol. The molecule has 0 heterocycles. The highest BCUT2D eigenvalue weighted by atomic mass is 16.7. The maximum absolute atomic E-state index is 14.5. The summed E-state index contributed by atoms with van der Waals surface area (Å²) in [6.07, 6.45) is -1.91. The highest BCUT2D eigenvalue weighted by Gasteiger charge is 2.34. The van der Waals surface area contributed by atoms with Crippen LogP contribution in [0.4, 0.5) is 4.79 Å². The fraction of sp³-hybridized carbons (Fsp3) is 0.375. The van der Waals surface area contributed by atoms with Gasteiger partial charge in [0.1, 0.15) is 18.2 Å². The molecule has 0 aromatic heterocycles. The van der Waals surface area contributed by atoms with Gasteiger partial charge in [0.15, 0.2) is 6.29 Å². The fourth-order valence-corrected chi connectivity index (χ4v) is 6.33. The van der Waals surface area contributed by atoms with Crippen molar-refractivity contribution in [2.45, 2.75) is 71.4 Å². The quantitative estimate of drug-likeness (QED) is 0.112. The molecule has 9 nitrogen and oxygen atoms in total. The van der Waals surface area contributed by atoms with Gasteiger partial charge in [0.2, 0.25) is 5.91 Å². The molecule has 0 aliphatic heterocycles. The summed E-state index contributed by atoms with van der Waals surface area (Å²) in [6.45, 7) is 10.0. The Kier molecular flexibility index (Phi) is 11.7. The summed E-state index contributed by atoms with van der Waals surface area (Å²) in [5.41, 5.74) is 4.45. The van der Waals surface area contributed by atoms with E-state index in [2.05, 4.69) is 17.4 Å². The number of nitrogens with zero attached hydrogens (tertiary/aromatic N) is 1. The third-order valence-electron chi connectivity index (χ3n) is 8.35. The van der Waals surface area contributed by atoms with Gasteiger partial charge in [-0.25, -0.2) is 4.79 Å². The second-order valence-electron chi connectivity index (χ2n) is 13.0. The molecule has 0 radical (unpaired) electrons. The molecule has 1 aliphatic rings. The molecule has 49 heavy (non-hydrogen) atoms. The van der Waals surface area contributed by atoms with Crippen molar-refractivity contribution < 1.29 is 33.3 Å². The van der Waals surface area contributed by atoms with E-state index in [0.717, 1.165) is 38.6 Å². The molecule has 5 rings (SSSR count). The monoisotopic (exact) mass is 666 g/mol. The normalized spacial score (nSPS) is 13.1. The summed E-state index contributed by atoms with van der Waals surface area (Å²) in [7, 11) is 0. The number of esters is 1. The van der Waals surface area contributed by atoms with E-state index in [1.165, 1.54) is 0 Å². The van der Waals surface area contributed by atoms with Crippen LogP contribution in [0.3, 0.4) is 0 Å². The number of fused-ring (bicyclic) bond motifs is 4. The Morgan fingerprint density at radius 2 is 1.39 bits per heavy atom. The van der Waals surface area contributed by atoms with Gasteiger partial charge in [-0.15, -0.1) is 0 Å². The van der Waals surface area contributed by atoms with Crippen LogP contribution in [-0.2, 0) is 35.1 Å². The second kappa shape index (κ2) is 16.1. The Morgan fingerprint density at radius 1 is 0.796 bits per heavy atom. The summed E-state index contributed by atoms with van der Waals surface area (Å²) in [5.74, 6) is -1.28. The molecule has 1 unspecified atom stereocenters. The van der Waals surface area contributed by atoms with Gasteiger partial charge in [0.25, 0.3) is 0 Å². The number of nitrogens with one attached hydrogen (secondary N) is 1. The lowest BCUT2D eigenvalue weighted by molar-refractivity contribution is -0.163. The van der Waals surface area contributed by atoms with Crippen LogP contribution in [0.2, 0.25) is 0 Å². The Hall–Kier alpha value is -4.73. The van der Waals surface area contributed by atoms with Crippen LogP contribution in [-0.4, -0.2) is 67.2 Å². The number of amides is 2. The van der Waals surface area contributed by atoms with Gasteiger partial charge in [-0.2, -0.15) is 0 Å². The van der Waals surface area contributed by atoms with Crippen molar-refractivity contribution in [3.05, 3.63) is 108 Å². The van der Waals surface area contributed by atoms with Crippen molar-refractivity contribution in [1.29, 1.82) is 0 Å². The topological polar surface area (TPSA) is 103 Å². The third-order valence-corrected chi connectivity index (χ3v) is 8.35. The van der Waals surface area contributed by atoms with Crippen molar-refractivity contribution in [3.63, 3.8) is 0 Å². The van der Waals surface area contributed by atoms with Crippen molar-refractivity contribution in [1.82, 2.24) is 10.2 Å². The molecule has 0 saturated carbocycles. The molecule has 258 valence electrons. The lowest BCUT2D eigenvalue weighted by Crippen LogP contribution is -2.52. The standard InChI is InChI=1S/C40H46N2O7/c1-6-46-37(47-7-2)25-42(24-28-17-14-16-27-15-8-9-18-29(27)28)38(44)35(23-36(43)49-40(3,4)5)41-39(45)48-26-34-32-21-12-10-19-30(32)31-20-11-13-22-33(31)34/h8-22,34-35,37H,6-7,23-26H2,1-5H3,(H,41,45). The first kappa shape index (κ1) is 35.6. The van der Waals surface area contributed by atoms with Crippen molar-refractivity contribution in [2.75, 3.05) is 26.4 Å². The fourth-order valence-electron chi connectivity index (χ4n) is 6.33. The van der Waals surface area contributed by atoms with Gasteiger partial charge in [-0.1, -0.05) is 91.0 Å². The van der Waals surface area contributed by atoms with E-state index in [4.69, 9.17) is 18.9 Å². The molecule has 0 saturated heterocycles. The Morgan fingerprint density at radius 3 is 2.02 bits per heavy atom. The average Bonchev–Trinajstić information content (AvgIpc) is 3.39. The molecular weight excluding hydrogens is 620 g/mol. The van der Waals surface area contributed by atoms with Crippen LogP contribution in [0.15, 0.2) is 91.0 Å². The minimum Gasteiger partial charge on any atom is -0.460 e. The molecule has 9 heteroatoms. The number of carbonyl (C=O) groups is 3. The van der Waals surface area contributed by atoms with Crippen LogP contribution in [0, 0.1) is 0 Å². The third kappa shape index (κ3) is 9.04. The van der Waals surface area contributed by atoms with Gasteiger partial charge >= 0.3 is 12.1 Å². The number of hydrogen-bond donors (Lipinski definition) is 1. The summed E-state index contributed by atoms with van der Waals surface area (Å²) >= 11 is 0. The highest BCUT2D eigenvalue weighted by molar-refractivity contribution is 5.91. The Labute approximate surface area is 288 Å². The number of ether oxygens (including phenoxy) is 4. The molecule has 0 fully saturated rings. The van der Waals surface area contributed by atoms with E-state index in [-0.39, 0.29) is 32.0 Å². The minimum atomic E-state index is -1.27. The number of rotatable bonds is 14. The second-order valence-corrected chi connectivity index (χ2v) is 13.0. The molecule has 1 aliphatic carbocycles. The van der Waals surface area contributed by atoms with E-state index in [1.807, 2.05) is 92.7 Å². The highest BCUT2D eigenvalue weighted by Crippen LogP contribution is 2.44. The zero-order chi connectivity index (χ0) is 35.0. The number of benzene rings is 4. The maximum Gasteiger partial charge on any atom is 0.407 e. The molecule has 1 atom stereocenters. The number of alkyl carbamates (subject to hydrolysis) is 1. The van der Waals surface area contributed by atoms with E-state index >= 15 is 0 Å². The Bertz CT molecular complexity index is 1710. The predicted octanol–water partition coefficient (Wildman–Crippen LogP) is 7.21. The first-order chi connectivity index (χ1) is 23.6. The summed E-state index contributed by atoms with van der Waals surface area (Å²) in [5, 5.41) is 4.73. The number of carbonyl (C=O) groups excluding carboxylic acids is 3. The molecule has 0 spiro atoms. The molecule has 1 N–H and O–H groups in total. The smallest absolute Gasteiger partial charge is 0.407 e. The largest absolute Gasteiger partial charge is 0.460 e. The van der Waals surface area contributed by atoms with Gasteiger partial charge in [0.05, 0.1) is 13.0 Å². The van der Waals surface area contributed by atoms with Crippen LogP contribution in [0.5, 0.6) is 0 Å². The van der Waals surface area contributed by atoms with Crippen LogP contribution in [0.25, 0.3) is 21.9 Å². The lowest BCUT2D eigenvalue weighted by atomic mass is 9.98. The minimum absolute atomic E-state index is 0.0592. The van der Waals surface area contributed by atoms with Crippen LogP contribution < -0.4 is 5.32 Å². The molecule has 2 amide bonds. The Balaban J connectivity index is 1.40. The maximum atomic E-state index is 14.5. The van der Waals surface area contributed by atoms with Gasteiger partial charge < -0.3 is 29.2 Å². The summed E-state index contributed by atoms with van der Waals surface area (Å²) < 4.78 is 23.0. The zero-order valence-corrected chi connectivity index (χ0v) is 28.9. The molecule has 4 aromatic rings. The lowest BCUT2D eigenvalue weighted by Gasteiger charge is -2.31. The van der Waals surface area contributed by atoms with E-state index in [1.54, 1.807) is 25.7 Å². The van der Waals surface area contributed by atoms with Gasteiger partial charge in [0, 0.05) is 25.7 Å². The van der Waals surface area contributed by atoms with E-state index in [9.17, 15) is 14.4 Å². The summed E-state index contributed by atoms with van der Waals surface area (Å²) in [4.78, 5) is 42.7. The van der Waals surface area contributed by atoms with Crippen molar-refractivity contribution in [3.8, 4) is 11.1 Å². The van der Waals surface area contributed by atoms with Gasteiger partial charge in [-0.05, 0) is 73.2 Å². The van der Waals surface area contributed by atoms with Crippen LogP contribution >= 0.6 is 0 Å².